The van der Waals surface area contributed by atoms with E-state index < -0.39 is 0 Å². The van der Waals surface area contributed by atoms with Crippen molar-refractivity contribution in [2.24, 2.45) is 0 Å². The average molecular weight is 603 g/mol. The molecule has 0 amide bonds. The van der Waals surface area contributed by atoms with E-state index in [1.54, 1.807) is 0 Å². The quantitative estimate of drug-likeness (QED) is 0.184. The topological polar surface area (TPSA) is 17.8 Å². The van der Waals surface area contributed by atoms with E-state index in [2.05, 4.69) is 162 Å². The predicted molar refractivity (Wildman–Crippen MR) is 197 cm³/mol. The maximum atomic E-state index is 5.39. The number of thiophene rings is 1. The minimum atomic E-state index is 1.01. The molecule has 0 aliphatic rings. The van der Waals surface area contributed by atoms with Crippen molar-refractivity contribution < 1.29 is 0 Å². The zero-order valence-electron chi connectivity index (χ0n) is 24.8. The van der Waals surface area contributed by atoms with Gasteiger partial charge in [0.2, 0.25) is 0 Å². The maximum absolute atomic E-state index is 5.39. The number of para-hydroxylation sites is 3. The highest BCUT2D eigenvalue weighted by atomic mass is 32.1. The first-order valence-electron chi connectivity index (χ1n) is 15.6. The van der Waals surface area contributed by atoms with Gasteiger partial charge < -0.3 is 4.57 Å². The van der Waals surface area contributed by atoms with Gasteiger partial charge in [-0.3, -0.25) is 0 Å². The van der Waals surface area contributed by atoms with Gasteiger partial charge in [-0.05, 0) is 52.9 Å². The monoisotopic (exact) mass is 602 g/mol. The Hall–Kier alpha value is -5.77. The molecule has 0 N–H and O–H groups in total. The molecule has 214 valence electrons. The normalized spacial score (nSPS) is 11.9. The first kappa shape index (κ1) is 25.5. The van der Waals surface area contributed by atoms with E-state index in [1.165, 1.54) is 69.3 Å². The summed E-state index contributed by atoms with van der Waals surface area (Å²) in [5.41, 5.74) is 9.17. The predicted octanol–water partition coefficient (Wildman–Crippen LogP) is 12.2. The van der Waals surface area contributed by atoms with Gasteiger partial charge in [0.15, 0.2) is 0 Å². The highest BCUT2D eigenvalue weighted by Gasteiger charge is 2.20. The molecule has 46 heavy (non-hydrogen) atoms. The summed E-state index contributed by atoms with van der Waals surface area (Å²) in [6.45, 7) is 0. The number of benzene rings is 7. The molecule has 3 aromatic heterocycles. The van der Waals surface area contributed by atoms with Crippen LogP contribution in [0.15, 0.2) is 158 Å². The van der Waals surface area contributed by atoms with Crippen molar-refractivity contribution in [1.29, 1.82) is 0 Å². The second-order valence-corrected chi connectivity index (χ2v) is 13.0. The van der Waals surface area contributed by atoms with E-state index in [4.69, 9.17) is 4.98 Å². The molecule has 0 saturated heterocycles. The molecule has 3 heterocycles. The van der Waals surface area contributed by atoms with E-state index in [1.807, 2.05) is 11.3 Å². The van der Waals surface area contributed by atoms with Crippen LogP contribution < -0.4 is 0 Å². The number of rotatable bonds is 3. The van der Waals surface area contributed by atoms with E-state index in [-0.39, 0.29) is 0 Å². The molecule has 10 aromatic rings. The second-order valence-electron chi connectivity index (χ2n) is 11.9. The van der Waals surface area contributed by atoms with Crippen molar-refractivity contribution in [3.05, 3.63) is 158 Å². The van der Waals surface area contributed by atoms with Crippen molar-refractivity contribution in [2.75, 3.05) is 0 Å². The summed E-state index contributed by atoms with van der Waals surface area (Å²) in [6, 6.07) is 57.0. The molecule has 0 aliphatic carbocycles. The van der Waals surface area contributed by atoms with Gasteiger partial charge in [-0.15, -0.1) is 11.3 Å². The molecule has 7 aromatic carbocycles. The Kier molecular flexibility index (Phi) is 5.48. The van der Waals surface area contributed by atoms with Gasteiger partial charge in [-0.25, -0.2) is 4.98 Å². The lowest BCUT2D eigenvalue weighted by Crippen LogP contribution is -1.94. The van der Waals surface area contributed by atoms with Crippen LogP contribution in [0.1, 0.15) is 0 Å². The summed E-state index contributed by atoms with van der Waals surface area (Å²) in [6.07, 6.45) is 0. The number of fused-ring (bicyclic) bond motifs is 10. The molecule has 0 radical (unpaired) electrons. The van der Waals surface area contributed by atoms with E-state index in [9.17, 15) is 0 Å². The van der Waals surface area contributed by atoms with Gasteiger partial charge in [-0.2, -0.15) is 0 Å². The number of pyridine rings is 1. The molecule has 0 unspecified atom stereocenters. The summed E-state index contributed by atoms with van der Waals surface area (Å²) in [4.78, 5) is 5.39. The second kappa shape index (κ2) is 9.87. The molecule has 10 rings (SSSR count). The molecule has 0 atom stereocenters. The largest absolute Gasteiger partial charge is 0.309 e. The summed E-state index contributed by atoms with van der Waals surface area (Å²) in [5, 5.41) is 8.72. The first-order chi connectivity index (χ1) is 22.8. The zero-order valence-corrected chi connectivity index (χ0v) is 25.6. The van der Waals surface area contributed by atoms with Crippen LogP contribution in [-0.2, 0) is 0 Å². The Morgan fingerprint density at radius 1 is 0.435 bits per heavy atom. The van der Waals surface area contributed by atoms with Crippen LogP contribution in [0, 0.1) is 0 Å². The third-order valence-electron chi connectivity index (χ3n) is 9.39. The number of hydrogen-bond donors (Lipinski definition) is 0. The molecule has 0 aliphatic heterocycles. The fraction of sp³-hybridized carbons (Fsp3) is 0. The molecule has 0 fully saturated rings. The molecular formula is C43H26N2S. The lowest BCUT2D eigenvalue weighted by atomic mass is 9.95. The highest BCUT2D eigenvalue weighted by Crippen LogP contribution is 2.44. The average Bonchev–Trinajstić information content (AvgIpc) is 3.68. The Morgan fingerprint density at radius 3 is 2.00 bits per heavy atom. The van der Waals surface area contributed by atoms with Gasteiger partial charge in [0.1, 0.15) is 0 Å². The molecule has 0 bridgehead atoms. The molecule has 0 saturated carbocycles. The highest BCUT2D eigenvalue weighted by molar-refractivity contribution is 7.26. The summed E-state index contributed by atoms with van der Waals surface area (Å²) in [5.74, 6) is 0. The lowest BCUT2D eigenvalue weighted by Gasteiger charge is -2.13. The summed E-state index contributed by atoms with van der Waals surface area (Å²) < 4.78 is 5.05. The number of aromatic nitrogens is 2. The van der Waals surface area contributed by atoms with Crippen molar-refractivity contribution in [3.63, 3.8) is 0 Å². The van der Waals surface area contributed by atoms with Crippen LogP contribution in [0.2, 0.25) is 0 Å². The van der Waals surface area contributed by atoms with Crippen LogP contribution in [0.25, 0.3) is 91.7 Å². The fourth-order valence-corrected chi connectivity index (χ4v) is 8.59. The van der Waals surface area contributed by atoms with E-state index in [0.717, 1.165) is 22.5 Å². The zero-order chi connectivity index (χ0) is 30.2. The molecule has 0 spiro atoms. The van der Waals surface area contributed by atoms with Crippen molar-refractivity contribution in [1.82, 2.24) is 9.55 Å². The number of nitrogens with zero attached hydrogens (tertiary/aromatic N) is 2. The Labute approximate surface area is 269 Å². The van der Waals surface area contributed by atoms with Crippen molar-refractivity contribution >= 4 is 75.0 Å². The van der Waals surface area contributed by atoms with Crippen LogP contribution >= 0.6 is 11.3 Å². The van der Waals surface area contributed by atoms with Crippen LogP contribution in [0.4, 0.5) is 0 Å². The summed E-state index contributed by atoms with van der Waals surface area (Å²) >= 11 is 1.88. The minimum Gasteiger partial charge on any atom is -0.309 e. The third-order valence-corrected chi connectivity index (χ3v) is 10.6. The minimum absolute atomic E-state index is 1.01. The van der Waals surface area contributed by atoms with Gasteiger partial charge in [0, 0.05) is 53.0 Å². The van der Waals surface area contributed by atoms with Crippen molar-refractivity contribution in [3.8, 4) is 28.1 Å². The van der Waals surface area contributed by atoms with E-state index >= 15 is 0 Å². The van der Waals surface area contributed by atoms with Crippen LogP contribution in [-0.4, -0.2) is 9.55 Å². The van der Waals surface area contributed by atoms with Crippen LogP contribution in [0.3, 0.4) is 0 Å². The SMILES string of the molecule is c1ccc(-n2c3ccccc3c3c4c(-c5ccc(-c6cccc7c6sc6ccccc67)cc5)nc5ccccc5c4ccc32)cc1. The molecular weight excluding hydrogens is 577 g/mol. The lowest BCUT2D eigenvalue weighted by molar-refractivity contribution is 1.18. The van der Waals surface area contributed by atoms with Crippen LogP contribution in [0.5, 0.6) is 0 Å². The van der Waals surface area contributed by atoms with Gasteiger partial charge in [-0.1, -0.05) is 121 Å². The van der Waals surface area contributed by atoms with Gasteiger partial charge >= 0.3 is 0 Å². The molecule has 3 heteroatoms. The Balaban J connectivity index is 1.25. The van der Waals surface area contributed by atoms with Gasteiger partial charge in [0.25, 0.3) is 0 Å². The van der Waals surface area contributed by atoms with Gasteiger partial charge in [0.05, 0.1) is 22.2 Å². The maximum Gasteiger partial charge on any atom is 0.0795 e. The smallest absolute Gasteiger partial charge is 0.0795 e. The Morgan fingerprint density at radius 2 is 1.13 bits per heavy atom. The van der Waals surface area contributed by atoms with E-state index in [0.29, 0.717) is 0 Å². The number of hydrogen-bond acceptors (Lipinski definition) is 2. The molecule has 2 nitrogen and oxygen atoms in total. The first-order valence-corrected chi connectivity index (χ1v) is 16.5. The Bertz CT molecular complexity index is 2790. The third kappa shape index (κ3) is 3.67. The fourth-order valence-electron chi connectivity index (χ4n) is 7.35. The summed E-state index contributed by atoms with van der Waals surface area (Å²) in [7, 11) is 0. The van der Waals surface area contributed by atoms with Crippen molar-refractivity contribution in [2.45, 2.75) is 0 Å². The standard InChI is InChI=1S/C43H26N2S/c1-2-11-29(12-3-1)45-37-19-8-5-15-35(37)40-38(45)26-25-33-31-13-4-7-18-36(31)44-42(41(33)40)28-23-21-27(22-24-28)30-16-10-17-34-32-14-6-9-20-39(32)46-43(30)34/h1-26H.